The fourth-order valence-electron chi connectivity index (χ4n) is 3.59. The maximum Gasteiger partial charge on any atom is 0.241 e. The summed E-state index contributed by atoms with van der Waals surface area (Å²) in [6, 6.07) is 8.79. The zero-order chi connectivity index (χ0) is 14.7. The molecule has 1 aromatic rings. The lowest BCUT2D eigenvalue weighted by molar-refractivity contribution is -0.120. The standard InChI is InChI=1S/C17H25N3O/c1-18-12-15-7-4-5-10-19(15)13-17(21)20-11-9-14-6-2-3-8-16(14)20/h2-3,6,8,15,18H,4-5,7,9-13H2,1H3. The van der Waals surface area contributed by atoms with Crippen LogP contribution < -0.4 is 10.2 Å². The summed E-state index contributed by atoms with van der Waals surface area (Å²) in [5.74, 6) is 0.253. The number of piperidine rings is 1. The molecule has 0 aromatic heterocycles. The van der Waals surface area contributed by atoms with Gasteiger partial charge in [0.2, 0.25) is 5.91 Å². The van der Waals surface area contributed by atoms with E-state index < -0.39 is 0 Å². The van der Waals surface area contributed by atoms with E-state index in [1.54, 1.807) is 0 Å². The van der Waals surface area contributed by atoms with E-state index in [1.807, 2.05) is 18.0 Å². The highest BCUT2D eigenvalue weighted by molar-refractivity contribution is 5.96. The van der Waals surface area contributed by atoms with Gasteiger partial charge in [-0.2, -0.15) is 0 Å². The van der Waals surface area contributed by atoms with Gasteiger partial charge in [-0.1, -0.05) is 24.6 Å². The lowest BCUT2D eigenvalue weighted by atomic mass is 10.0. The summed E-state index contributed by atoms with van der Waals surface area (Å²) in [5, 5.41) is 3.26. The zero-order valence-electron chi connectivity index (χ0n) is 12.8. The number of amides is 1. The molecule has 1 amide bonds. The molecule has 4 nitrogen and oxygen atoms in total. The molecule has 1 N–H and O–H groups in total. The number of carbonyl (C=O) groups excluding carboxylic acids is 1. The van der Waals surface area contributed by atoms with Crippen LogP contribution >= 0.6 is 0 Å². The van der Waals surface area contributed by atoms with E-state index in [1.165, 1.54) is 24.8 Å². The van der Waals surface area contributed by atoms with Gasteiger partial charge < -0.3 is 10.2 Å². The quantitative estimate of drug-likeness (QED) is 0.914. The van der Waals surface area contributed by atoms with Gasteiger partial charge in [-0.25, -0.2) is 0 Å². The molecule has 3 rings (SSSR count). The van der Waals surface area contributed by atoms with Gasteiger partial charge in [0, 0.05) is 24.8 Å². The number of para-hydroxylation sites is 1. The Morgan fingerprint density at radius 1 is 1.29 bits per heavy atom. The van der Waals surface area contributed by atoms with Crippen LogP contribution in [0.2, 0.25) is 0 Å². The molecule has 4 heteroatoms. The number of anilines is 1. The van der Waals surface area contributed by atoms with E-state index >= 15 is 0 Å². The third-order valence-electron chi connectivity index (χ3n) is 4.72. The van der Waals surface area contributed by atoms with Crippen molar-refractivity contribution < 1.29 is 4.79 Å². The third-order valence-corrected chi connectivity index (χ3v) is 4.72. The molecule has 1 atom stereocenters. The lowest BCUT2D eigenvalue weighted by Gasteiger charge is -2.36. The van der Waals surface area contributed by atoms with Crippen molar-refractivity contribution in [1.82, 2.24) is 10.2 Å². The normalized spacial score (nSPS) is 22.3. The second-order valence-corrected chi connectivity index (χ2v) is 6.10. The van der Waals surface area contributed by atoms with E-state index in [2.05, 4.69) is 28.4 Å². The molecule has 2 aliphatic rings. The van der Waals surface area contributed by atoms with E-state index in [0.717, 1.165) is 31.7 Å². The summed E-state index contributed by atoms with van der Waals surface area (Å²) in [6.07, 6.45) is 4.68. The van der Waals surface area contributed by atoms with Gasteiger partial charge in [-0.15, -0.1) is 0 Å². The minimum absolute atomic E-state index is 0.253. The smallest absolute Gasteiger partial charge is 0.241 e. The van der Waals surface area contributed by atoms with Crippen LogP contribution in [0.5, 0.6) is 0 Å². The molecule has 0 spiro atoms. The molecule has 1 aromatic carbocycles. The van der Waals surface area contributed by atoms with Crippen LogP contribution in [-0.4, -0.2) is 50.1 Å². The number of fused-ring (bicyclic) bond motifs is 1. The first-order valence-corrected chi connectivity index (χ1v) is 8.06. The molecule has 0 aliphatic carbocycles. The average molecular weight is 287 g/mol. The topological polar surface area (TPSA) is 35.6 Å². The Labute approximate surface area is 127 Å². The van der Waals surface area contributed by atoms with Gasteiger partial charge in [0.15, 0.2) is 0 Å². The highest BCUT2D eigenvalue weighted by Crippen LogP contribution is 2.28. The van der Waals surface area contributed by atoms with Crippen molar-refractivity contribution in [3.63, 3.8) is 0 Å². The monoisotopic (exact) mass is 287 g/mol. The minimum Gasteiger partial charge on any atom is -0.318 e. The Morgan fingerprint density at radius 2 is 2.14 bits per heavy atom. The summed E-state index contributed by atoms with van der Waals surface area (Å²) >= 11 is 0. The SMILES string of the molecule is CNCC1CCCCN1CC(=O)N1CCc2ccccc21. The number of carbonyl (C=O) groups is 1. The van der Waals surface area contributed by atoms with Crippen LogP contribution in [0.15, 0.2) is 24.3 Å². The second-order valence-electron chi connectivity index (χ2n) is 6.10. The van der Waals surface area contributed by atoms with Gasteiger partial charge >= 0.3 is 0 Å². The zero-order valence-corrected chi connectivity index (χ0v) is 12.8. The maximum atomic E-state index is 12.7. The number of nitrogens with zero attached hydrogens (tertiary/aromatic N) is 2. The summed E-state index contributed by atoms with van der Waals surface area (Å²) in [5.41, 5.74) is 2.42. The minimum atomic E-state index is 0.253. The van der Waals surface area contributed by atoms with Crippen molar-refractivity contribution in [2.75, 3.05) is 38.1 Å². The number of benzene rings is 1. The van der Waals surface area contributed by atoms with Crippen molar-refractivity contribution >= 4 is 11.6 Å². The molecule has 21 heavy (non-hydrogen) atoms. The molecule has 2 aliphatic heterocycles. The number of hydrogen-bond acceptors (Lipinski definition) is 3. The van der Waals surface area contributed by atoms with Gasteiger partial charge in [0.1, 0.15) is 0 Å². The van der Waals surface area contributed by atoms with Gasteiger partial charge in [0.05, 0.1) is 6.54 Å². The van der Waals surface area contributed by atoms with E-state index in [0.29, 0.717) is 12.6 Å². The lowest BCUT2D eigenvalue weighted by Crippen LogP contribution is -2.49. The summed E-state index contributed by atoms with van der Waals surface area (Å²) in [4.78, 5) is 17.0. The predicted octanol–water partition coefficient (Wildman–Crippen LogP) is 1.65. The highest BCUT2D eigenvalue weighted by Gasteiger charge is 2.29. The van der Waals surface area contributed by atoms with Crippen molar-refractivity contribution in [2.24, 2.45) is 0 Å². The predicted molar refractivity (Wildman–Crippen MR) is 85.6 cm³/mol. The fourth-order valence-corrected chi connectivity index (χ4v) is 3.59. The van der Waals surface area contributed by atoms with Crippen LogP contribution in [-0.2, 0) is 11.2 Å². The first kappa shape index (κ1) is 14.5. The van der Waals surface area contributed by atoms with Crippen LogP contribution in [0.3, 0.4) is 0 Å². The molecular weight excluding hydrogens is 262 g/mol. The first-order chi connectivity index (χ1) is 10.3. The summed E-state index contributed by atoms with van der Waals surface area (Å²) in [6.45, 7) is 3.42. The Morgan fingerprint density at radius 3 is 3.00 bits per heavy atom. The highest BCUT2D eigenvalue weighted by atomic mass is 16.2. The van der Waals surface area contributed by atoms with Gasteiger partial charge in [0.25, 0.3) is 0 Å². The molecule has 2 heterocycles. The molecule has 1 saturated heterocycles. The van der Waals surface area contributed by atoms with Crippen LogP contribution in [0, 0.1) is 0 Å². The van der Waals surface area contributed by atoms with Crippen LogP contribution in [0.1, 0.15) is 24.8 Å². The number of nitrogens with one attached hydrogen (secondary N) is 1. The summed E-state index contributed by atoms with van der Waals surface area (Å²) < 4.78 is 0. The van der Waals surface area contributed by atoms with Crippen molar-refractivity contribution in [2.45, 2.75) is 31.7 Å². The molecule has 1 fully saturated rings. The van der Waals surface area contributed by atoms with Gasteiger partial charge in [-0.3, -0.25) is 9.69 Å². The molecule has 0 saturated carbocycles. The van der Waals surface area contributed by atoms with Crippen molar-refractivity contribution in [3.8, 4) is 0 Å². The fraction of sp³-hybridized carbons (Fsp3) is 0.588. The van der Waals surface area contributed by atoms with Crippen molar-refractivity contribution in [3.05, 3.63) is 29.8 Å². The maximum absolute atomic E-state index is 12.7. The number of rotatable bonds is 4. The molecule has 114 valence electrons. The second kappa shape index (κ2) is 6.58. The third kappa shape index (κ3) is 3.11. The van der Waals surface area contributed by atoms with Crippen LogP contribution in [0.4, 0.5) is 5.69 Å². The molecular formula is C17H25N3O. The Bertz CT molecular complexity index is 501. The van der Waals surface area contributed by atoms with Crippen molar-refractivity contribution in [1.29, 1.82) is 0 Å². The first-order valence-electron chi connectivity index (χ1n) is 8.06. The Kier molecular flexibility index (Phi) is 4.56. The van der Waals surface area contributed by atoms with E-state index in [4.69, 9.17) is 0 Å². The Balaban J connectivity index is 1.66. The van der Waals surface area contributed by atoms with E-state index in [9.17, 15) is 4.79 Å². The average Bonchev–Trinajstić information content (AvgIpc) is 2.93. The van der Waals surface area contributed by atoms with Crippen LogP contribution in [0.25, 0.3) is 0 Å². The molecule has 1 unspecified atom stereocenters. The largest absolute Gasteiger partial charge is 0.318 e. The molecule has 0 bridgehead atoms. The Hall–Kier alpha value is -1.39. The van der Waals surface area contributed by atoms with Gasteiger partial charge in [-0.05, 0) is 44.5 Å². The number of likely N-dealkylation sites (N-methyl/N-ethyl adjacent to an activating group) is 1. The number of hydrogen-bond donors (Lipinski definition) is 1. The number of likely N-dealkylation sites (tertiary alicyclic amines) is 1. The van der Waals surface area contributed by atoms with E-state index in [-0.39, 0.29) is 5.91 Å². The summed E-state index contributed by atoms with van der Waals surface area (Å²) in [7, 11) is 1.99. The molecule has 0 radical (unpaired) electrons.